The molecule has 7 nitrogen and oxygen atoms in total. The van der Waals surface area contributed by atoms with Crippen molar-refractivity contribution >= 4 is 28.5 Å². The maximum Gasteiger partial charge on any atom is 0.244 e. The molecule has 5 rings (SSSR count). The van der Waals surface area contributed by atoms with Crippen molar-refractivity contribution in [3.05, 3.63) is 65.7 Å². The van der Waals surface area contributed by atoms with Gasteiger partial charge in [0.15, 0.2) is 5.65 Å². The topological polar surface area (TPSA) is 67.2 Å². The molecule has 32 heavy (non-hydrogen) atoms. The number of nitrogens with zero attached hydrogens (tertiary/aromatic N) is 6. The van der Waals surface area contributed by atoms with Crippen LogP contribution in [0.5, 0.6) is 0 Å². The second kappa shape index (κ2) is 8.68. The van der Waals surface area contributed by atoms with Crippen LogP contribution in [-0.4, -0.2) is 68.9 Å². The Morgan fingerprint density at radius 2 is 1.47 bits per heavy atom. The average Bonchev–Trinajstić information content (AvgIpc) is 3.20. The Morgan fingerprint density at radius 1 is 0.875 bits per heavy atom. The van der Waals surface area contributed by atoms with Crippen LogP contribution in [0.1, 0.15) is 0 Å². The zero-order chi connectivity index (χ0) is 22.1. The summed E-state index contributed by atoms with van der Waals surface area (Å²) in [6.07, 6.45) is 0. The molecule has 3 heterocycles. The summed E-state index contributed by atoms with van der Waals surface area (Å²) < 4.78 is 1.63. The van der Waals surface area contributed by atoms with Crippen molar-refractivity contribution in [2.45, 2.75) is 6.54 Å². The van der Waals surface area contributed by atoms with Crippen molar-refractivity contribution < 1.29 is 4.79 Å². The standard InChI is InChI=1S/C24H23ClN6O/c1-29-12-14-30(15-13-29)19(32)16-31-24-20(22(28-31)17-8-4-2-5-9-17)21(25)23(26-27-24)18-10-6-3-7-11-18/h2-11H,12-16H2,1H3. The SMILES string of the molecule is CN1CCN(C(=O)Cn2nc(-c3ccccc3)c3c(Cl)c(-c4ccccc4)nnc32)CC1. The van der Waals surface area contributed by atoms with Crippen LogP contribution in [0.15, 0.2) is 60.7 Å². The number of benzene rings is 2. The summed E-state index contributed by atoms with van der Waals surface area (Å²) in [6, 6.07) is 19.5. The highest BCUT2D eigenvalue weighted by Crippen LogP contribution is 2.37. The van der Waals surface area contributed by atoms with E-state index in [1.54, 1.807) is 4.68 Å². The maximum atomic E-state index is 13.0. The minimum Gasteiger partial charge on any atom is -0.339 e. The van der Waals surface area contributed by atoms with Gasteiger partial charge in [-0.1, -0.05) is 72.3 Å². The number of carbonyl (C=O) groups is 1. The van der Waals surface area contributed by atoms with Crippen LogP contribution < -0.4 is 0 Å². The van der Waals surface area contributed by atoms with Crippen LogP contribution in [0.3, 0.4) is 0 Å². The van der Waals surface area contributed by atoms with Crippen LogP contribution >= 0.6 is 11.6 Å². The molecule has 1 saturated heterocycles. The molecule has 2 aromatic carbocycles. The third kappa shape index (κ3) is 3.85. The van der Waals surface area contributed by atoms with Gasteiger partial charge < -0.3 is 9.80 Å². The molecular weight excluding hydrogens is 424 g/mol. The maximum absolute atomic E-state index is 13.0. The lowest BCUT2D eigenvalue weighted by atomic mass is 10.1. The summed E-state index contributed by atoms with van der Waals surface area (Å²) in [5.74, 6) is 0.0205. The van der Waals surface area contributed by atoms with E-state index >= 15 is 0 Å². The fourth-order valence-electron chi connectivity index (χ4n) is 3.99. The van der Waals surface area contributed by atoms with Gasteiger partial charge in [0.05, 0.1) is 10.4 Å². The summed E-state index contributed by atoms with van der Waals surface area (Å²) in [5.41, 5.74) is 3.60. The first-order valence-corrected chi connectivity index (χ1v) is 11.0. The third-order valence-corrected chi connectivity index (χ3v) is 6.20. The van der Waals surface area contributed by atoms with Gasteiger partial charge in [0.1, 0.15) is 17.9 Å². The lowest BCUT2D eigenvalue weighted by molar-refractivity contribution is -0.133. The van der Waals surface area contributed by atoms with Crippen molar-refractivity contribution in [3.63, 3.8) is 0 Å². The Hall–Kier alpha value is -3.29. The number of hydrogen-bond acceptors (Lipinski definition) is 5. The van der Waals surface area contributed by atoms with Gasteiger partial charge in [-0.15, -0.1) is 10.2 Å². The van der Waals surface area contributed by atoms with E-state index in [2.05, 4.69) is 22.1 Å². The van der Waals surface area contributed by atoms with Gasteiger partial charge in [-0.25, -0.2) is 4.68 Å². The average molecular weight is 447 g/mol. The highest BCUT2D eigenvalue weighted by Gasteiger charge is 2.24. The minimum atomic E-state index is 0.0205. The molecule has 1 aliphatic heterocycles. The van der Waals surface area contributed by atoms with E-state index < -0.39 is 0 Å². The fourth-order valence-corrected chi connectivity index (χ4v) is 4.31. The molecule has 0 saturated carbocycles. The highest BCUT2D eigenvalue weighted by atomic mass is 35.5. The van der Waals surface area contributed by atoms with Crippen LogP contribution in [0, 0.1) is 0 Å². The predicted octanol–water partition coefficient (Wildman–Crippen LogP) is 3.59. The van der Waals surface area contributed by atoms with Crippen molar-refractivity contribution in [2.24, 2.45) is 0 Å². The smallest absolute Gasteiger partial charge is 0.244 e. The Morgan fingerprint density at radius 3 is 2.09 bits per heavy atom. The van der Waals surface area contributed by atoms with Gasteiger partial charge in [0.2, 0.25) is 5.91 Å². The Labute approximate surface area is 191 Å². The van der Waals surface area contributed by atoms with E-state index in [0.717, 1.165) is 24.2 Å². The van der Waals surface area contributed by atoms with Crippen LogP contribution in [0.25, 0.3) is 33.5 Å². The van der Waals surface area contributed by atoms with Gasteiger partial charge in [0.25, 0.3) is 0 Å². The summed E-state index contributed by atoms with van der Waals surface area (Å²) in [4.78, 5) is 17.1. The summed E-state index contributed by atoms with van der Waals surface area (Å²) in [6.45, 7) is 3.26. The molecule has 4 aromatic rings. The largest absolute Gasteiger partial charge is 0.339 e. The van der Waals surface area contributed by atoms with Gasteiger partial charge in [-0.05, 0) is 7.05 Å². The van der Waals surface area contributed by atoms with Crippen molar-refractivity contribution in [1.29, 1.82) is 0 Å². The zero-order valence-corrected chi connectivity index (χ0v) is 18.5. The highest BCUT2D eigenvalue weighted by molar-refractivity contribution is 6.38. The number of carbonyl (C=O) groups excluding carboxylic acids is 1. The molecule has 0 spiro atoms. The quantitative estimate of drug-likeness (QED) is 0.479. The molecule has 1 fully saturated rings. The molecule has 0 bridgehead atoms. The van der Waals surface area contributed by atoms with E-state index in [1.165, 1.54) is 0 Å². The van der Waals surface area contributed by atoms with E-state index in [4.69, 9.17) is 16.7 Å². The number of rotatable bonds is 4. The number of aromatic nitrogens is 4. The van der Waals surface area contributed by atoms with E-state index in [1.807, 2.05) is 65.6 Å². The van der Waals surface area contributed by atoms with Gasteiger partial charge in [-0.2, -0.15) is 5.10 Å². The monoisotopic (exact) mass is 446 g/mol. The van der Waals surface area contributed by atoms with E-state index in [9.17, 15) is 4.79 Å². The van der Waals surface area contributed by atoms with Crippen LogP contribution in [0.4, 0.5) is 0 Å². The number of hydrogen-bond donors (Lipinski definition) is 0. The fraction of sp³-hybridized carbons (Fsp3) is 0.250. The van der Waals surface area contributed by atoms with Crippen LogP contribution in [0.2, 0.25) is 5.02 Å². The van der Waals surface area contributed by atoms with E-state index in [0.29, 0.717) is 40.5 Å². The molecule has 162 valence electrons. The van der Waals surface area contributed by atoms with Crippen molar-refractivity contribution in [2.75, 3.05) is 33.2 Å². The van der Waals surface area contributed by atoms with Crippen molar-refractivity contribution in [1.82, 2.24) is 29.8 Å². The summed E-state index contributed by atoms with van der Waals surface area (Å²) >= 11 is 6.89. The molecule has 0 atom stereocenters. The van der Waals surface area contributed by atoms with E-state index in [-0.39, 0.29) is 12.5 Å². The van der Waals surface area contributed by atoms with Gasteiger partial charge in [-0.3, -0.25) is 4.79 Å². The molecular formula is C24H23ClN6O. The molecule has 0 radical (unpaired) electrons. The van der Waals surface area contributed by atoms with Crippen LogP contribution in [-0.2, 0) is 11.3 Å². The number of likely N-dealkylation sites (N-methyl/N-ethyl adjacent to an activating group) is 1. The second-order valence-corrected chi connectivity index (χ2v) is 8.36. The summed E-state index contributed by atoms with van der Waals surface area (Å²) in [5, 5.41) is 14.8. The molecule has 0 unspecified atom stereocenters. The summed E-state index contributed by atoms with van der Waals surface area (Å²) in [7, 11) is 2.07. The van der Waals surface area contributed by atoms with Gasteiger partial charge in [0, 0.05) is 37.3 Å². The first-order valence-electron chi connectivity index (χ1n) is 10.6. The zero-order valence-electron chi connectivity index (χ0n) is 17.8. The molecule has 8 heteroatoms. The lowest BCUT2D eigenvalue weighted by Gasteiger charge is -2.32. The number of piperazine rings is 1. The number of fused-ring (bicyclic) bond motifs is 1. The van der Waals surface area contributed by atoms with Gasteiger partial charge >= 0.3 is 0 Å². The Bertz CT molecular complexity index is 1250. The molecule has 0 N–H and O–H groups in total. The predicted molar refractivity (Wildman–Crippen MR) is 125 cm³/mol. The normalized spacial score (nSPS) is 14.8. The first-order chi connectivity index (χ1) is 15.6. The molecule has 1 aliphatic rings. The third-order valence-electron chi connectivity index (χ3n) is 5.83. The Kier molecular flexibility index (Phi) is 5.59. The molecule has 2 aromatic heterocycles. The lowest BCUT2D eigenvalue weighted by Crippen LogP contribution is -2.48. The first kappa shape index (κ1) is 20.6. The number of amides is 1. The molecule has 1 amide bonds. The Balaban J connectivity index is 1.60. The minimum absolute atomic E-state index is 0.0205. The second-order valence-electron chi connectivity index (χ2n) is 7.98. The van der Waals surface area contributed by atoms with Crippen molar-refractivity contribution in [3.8, 4) is 22.5 Å². The number of halogens is 1. The molecule has 0 aliphatic carbocycles.